The molecule has 0 aliphatic carbocycles. The van der Waals surface area contributed by atoms with Crippen LogP contribution in [-0.2, 0) is 18.3 Å². The summed E-state index contributed by atoms with van der Waals surface area (Å²) in [5.74, 6) is -0.0514. The number of carbonyl (C=O) groups is 2. The molecule has 4 rings (SSSR count). The molecule has 1 atom stereocenters. The number of likely N-dealkylation sites (tertiary alicyclic amines) is 1. The molecule has 1 aliphatic heterocycles. The van der Waals surface area contributed by atoms with Crippen molar-refractivity contribution in [3.05, 3.63) is 66.5 Å². The van der Waals surface area contributed by atoms with Crippen molar-refractivity contribution in [2.75, 3.05) is 27.2 Å². The molecule has 8 nitrogen and oxygen atoms in total. The van der Waals surface area contributed by atoms with E-state index in [1.165, 1.54) is 6.33 Å². The van der Waals surface area contributed by atoms with Crippen LogP contribution >= 0.6 is 0 Å². The topological polar surface area (TPSA) is 84.2 Å². The maximum Gasteiger partial charge on any atom is 0.272 e. The van der Waals surface area contributed by atoms with E-state index in [1.807, 2.05) is 18.2 Å². The second-order valence-electron chi connectivity index (χ2n) is 8.61. The van der Waals surface area contributed by atoms with Gasteiger partial charge in [0.15, 0.2) is 0 Å². The quantitative estimate of drug-likeness (QED) is 0.618. The molecule has 3 aromatic rings. The Morgan fingerprint density at radius 2 is 1.88 bits per heavy atom. The first-order valence-electron chi connectivity index (χ1n) is 10.7. The van der Waals surface area contributed by atoms with Crippen LogP contribution in [0.1, 0.15) is 28.9 Å². The molecule has 0 bridgehead atoms. The maximum atomic E-state index is 13.5. The average molecular weight is 433 g/mol. The molecule has 1 aromatic carbocycles. The minimum absolute atomic E-state index is 0.0409. The molecule has 2 aromatic heterocycles. The molecule has 2 amide bonds. The van der Waals surface area contributed by atoms with Gasteiger partial charge >= 0.3 is 0 Å². The third-order valence-corrected chi connectivity index (χ3v) is 6.18. The van der Waals surface area contributed by atoms with Crippen molar-refractivity contribution in [1.82, 2.24) is 29.5 Å². The van der Waals surface area contributed by atoms with Crippen LogP contribution < -0.4 is 0 Å². The molecule has 8 heteroatoms. The largest absolute Gasteiger partial charge is 0.348 e. The minimum Gasteiger partial charge on any atom is -0.348 e. The van der Waals surface area contributed by atoms with Crippen molar-refractivity contribution in [2.45, 2.75) is 19.3 Å². The molecule has 1 aliphatic rings. The third kappa shape index (κ3) is 4.12. The van der Waals surface area contributed by atoms with Crippen molar-refractivity contribution in [2.24, 2.45) is 12.5 Å². The Balaban J connectivity index is 1.70. The predicted octanol–water partition coefficient (Wildman–Crippen LogP) is 2.43. The molecule has 166 valence electrons. The Labute approximate surface area is 187 Å². The Morgan fingerprint density at radius 3 is 2.56 bits per heavy atom. The Morgan fingerprint density at radius 1 is 1.12 bits per heavy atom. The monoisotopic (exact) mass is 432 g/mol. The van der Waals surface area contributed by atoms with Gasteiger partial charge in [-0.3, -0.25) is 14.3 Å². The van der Waals surface area contributed by atoms with E-state index in [0.29, 0.717) is 25.2 Å². The summed E-state index contributed by atoms with van der Waals surface area (Å²) in [6.45, 7) is 0.994. The summed E-state index contributed by atoms with van der Waals surface area (Å²) in [5.41, 5.74) is 2.79. The summed E-state index contributed by atoms with van der Waals surface area (Å²) in [6.07, 6.45) is 8.71. The SMILES string of the molecule is CN(C)C(=O)C1(Cc2ccccc2-c2cncnc2)CCCN(C(=O)c2ccnn2C)C1. The standard InChI is InChI=1S/C24H28N6O2/c1-28(2)23(32)24(10-6-12-30(16-24)22(31)21-9-11-27-29(21)3)13-18-7-4-5-8-20(18)19-14-25-17-26-15-19/h4-5,7-9,11,14-15,17H,6,10,12-13,16H2,1-3H3. The molecule has 0 saturated carbocycles. The zero-order chi connectivity index (χ0) is 22.7. The molecule has 0 spiro atoms. The fraction of sp³-hybridized carbons (Fsp3) is 0.375. The Hall–Kier alpha value is -3.55. The number of aromatic nitrogens is 4. The highest BCUT2D eigenvalue weighted by Gasteiger charge is 2.45. The second-order valence-corrected chi connectivity index (χ2v) is 8.61. The van der Waals surface area contributed by atoms with Crippen molar-refractivity contribution in [3.8, 4) is 11.1 Å². The van der Waals surface area contributed by atoms with Crippen LogP contribution in [0.25, 0.3) is 11.1 Å². The molecule has 3 heterocycles. The van der Waals surface area contributed by atoms with Crippen LogP contribution in [0.5, 0.6) is 0 Å². The Bertz CT molecular complexity index is 1110. The van der Waals surface area contributed by atoms with Crippen LogP contribution in [0.3, 0.4) is 0 Å². The van der Waals surface area contributed by atoms with Gasteiger partial charge in [0.1, 0.15) is 12.0 Å². The lowest BCUT2D eigenvalue weighted by atomic mass is 9.73. The number of hydrogen-bond acceptors (Lipinski definition) is 5. The van der Waals surface area contributed by atoms with E-state index in [-0.39, 0.29) is 11.8 Å². The Kier molecular flexibility index (Phi) is 6.03. The van der Waals surface area contributed by atoms with Crippen molar-refractivity contribution in [1.29, 1.82) is 0 Å². The molecule has 1 fully saturated rings. The van der Waals surface area contributed by atoms with Crippen molar-refractivity contribution < 1.29 is 9.59 Å². The van der Waals surface area contributed by atoms with Crippen molar-refractivity contribution >= 4 is 11.8 Å². The number of amides is 2. The van der Waals surface area contributed by atoms with Crippen LogP contribution in [-0.4, -0.2) is 68.5 Å². The number of aryl methyl sites for hydroxylation is 1. The molecule has 0 radical (unpaired) electrons. The fourth-order valence-electron chi connectivity index (χ4n) is 4.68. The first kappa shape index (κ1) is 21.7. The molecule has 0 N–H and O–H groups in total. The molecule has 32 heavy (non-hydrogen) atoms. The number of nitrogens with zero attached hydrogens (tertiary/aromatic N) is 6. The van der Waals surface area contributed by atoms with E-state index >= 15 is 0 Å². The summed E-state index contributed by atoms with van der Waals surface area (Å²) in [6, 6.07) is 9.76. The van der Waals surface area contributed by atoms with Gasteiger partial charge in [0.2, 0.25) is 5.91 Å². The normalized spacial score (nSPS) is 18.4. The van der Waals surface area contributed by atoms with E-state index in [4.69, 9.17) is 0 Å². The molecular formula is C24H28N6O2. The lowest BCUT2D eigenvalue weighted by Crippen LogP contribution is -2.54. The zero-order valence-electron chi connectivity index (χ0n) is 18.7. The highest BCUT2D eigenvalue weighted by Crippen LogP contribution is 2.38. The summed E-state index contributed by atoms with van der Waals surface area (Å²) in [5, 5.41) is 4.13. The predicted molar refractivity (Wildman–Crippen MR) is 121 cm³/mol. The van der Waals surface area contributed by atoms with Gasteiger partial charge in [-0.25, -0.2) is 9.97 Å². The highest BCUT2D eigenvalue weighted by molar-refractivity contribution is 5.93. The zero-order valence-corrected chi connectivity index (χ0v) is 18.7. The summed E-state index contributed by atoms with van der Waals surface area (Å²) in [7, 11) is 5.32. The van der Waals surface area contributed by atoms with E-state index in [0.717, 1.165) is 29.5 Å². The third-order valence-electron chi connectivity index (χ3n) is 6.18. The molecular weight excluding hydrogens is 404 g/mol. The van der Waals surface area contributed by atoms with Gasteiger partial charge in [0.05, 0.1) is 5.41 Å². The molecule has 1 saturated heterocycles. The number of rotatable bonds is 5. The van der Waals surface area contributed by atoms with E-state index in [1.54, 1.807) is 60.3 Å². The smallest absolute Gasteiger partial charge is 0.272 e. The number of carbonyl (C=O) groups excluding carboxylic acids is 2. The van der Waals surface area contributed by atoms with Gasteiger partial charge in [-0.1, -0.05) is 24.3 Å². The van der Waals surface area contributed by atoms with Crippen LogP contribution in [0.4, 0.5) is 0 Å². The fourth-order valence-corrected chi connectivity index (χ4v) is 4.68. The maximum absolute atomic E-state index is 13.5. The van der Waals surface area contributed by atoms with E-state index < -0.39 is 5.41 Å². The van der Waals surface area contributed by atoms with Gasteiger partial charge in [0.25, 0.3) is 5.91 Å². The summed E-state index contributed by atoms with van der Waals surface area (Å²) < 4.78 is 1.58. The lowest BCUT2D eigenvalue weighted by Gasteiger charge is -2.43. The van der Waals surface area contributed by atoms with Gasteiger partial charge in [-0.2, -0.15) is 5.10 Å². The van der Waals surface area contributed by atoms with E-state index in [2.05, 4.69) is 21.1 Å². The number of piperidine rings is 1. The first-order chi connectivity index (χ1) is 15.4. The first-order valence-corrected chi connectivity index (χ1v) is 10.7. The van der Waals surface area contributed by atoms with E-state index in [9.17, 15) is 9.59 Å². The second kappa shape index (κ2) is 8.90. The van der Waals surface area contributed by atoms with Gasteiger partial charge in [0, 0.05) is 58.4 Å². The van der Waals surface area contributed by atoms with Crippen LogP contribution in [0, 0.1) is 5.41 Å². The highest BCUT2D eigenvalue weighted by atomic mass is 16.2. The summed E-state index contributed by atoms with van der Waals surface area (Å²) in [4.78, 5) is 38.5. The number of benzene rings is 1. The van der Waals surface area contributed by atoms with Gasteiger partial charge in [-0.15, -0.1) is 0 Å². The van der Waals surface area contributed by atoms with Crippen molar-refractivity contribution in [3.63, 3.8) is 0 Å². The van der Waals surface area contributed by atoms with Crippen LogP contribution in [0.2, 0.25) is 0 Å². The van der Waals surface area contributed by atoms with Gasteiger partial charge < -0.3 is 9.80 Å². The minimum atomic E-state index is -0.707. The molecule has 1 unspecified atom stereocenters. The lowest BCUT2D eigenvalue weighted by molar-refractivity contribution is -0.142. The summed E-state index contributed by atoms with van der Waals surface area (Å²) >= 11 is 0. The number of hydrogen-bond donors (Lipinski definition) is 0. The average Bonchev–Trinajstić information content (AvgIpc) is 3.25. The van der Waals surface area contributed by atoms with Crippen LogP contribution in [0.15, 0.2) is 55.2 Å². The van der Waals surface area contributed by atoms with Gasteiger partial charge in [-0.05, 0) is 36.5 Å².